The molecule has 0 aliphatic carbocycles. The molecule has 0 aliphatic heterocycles. The Labute approximate surface area is 132 Å². The molecular weight excluding hydrogens is 336 g/mol. The van der Waals surface area contributed by atoms with Crippen molar-refractivity contribution in [3.63, 3.8) is 0 Å². The van der Waals surface area contributed by atoms with Crippen LogP contribution in [0.2, 0.25) is 0 Å². The smallest absolute Gasteiger partial charge is 0.0722 e. The summed E-state index contributed by atoms with van der Waals surface area (Å²) in [5.41, 5.74) is 4.03. The summed E-state index contributed by atoms with van der Waals surface area (Å²) in [5.74, 6) is 6.57. The van der Waals surface area contributed by atoms with Gasteiger partial charge in [-0.2, -0.15) is 5.10 Å². The largest absolute Gasteiger partial charge is 0.271 e. The van der Waals surface area contributed by atoms with Gasteiger partial charge < -0.3 is 0 Å². The van der Waals surface area contributed by atoms with Crippen LogP contribution in [0, 0.1) is 0 Å². The first-order valence-electron chi connectivity index (χ1n) is 6.60. The SMILES string of the molecule is CCCn1nccc1C(CSc1ccc(Br)cc1)NN. The fourth-order valence-electron chi connectivity index (χ4n) is 1.97. The summed E-state index contributed by atoms with van der Waals surface area (Å²) < 4.78 is 3.11. The van der Waals surface area contributed by atoms with Gasteiger partial charge in [-0.05, 0) is 36.8 Å². The second-order valence-corrected chi connectivity index (χ2v) is 6.47. The standard InChI is InChI=1S/C14H19BrN4S/c1-2-9-19-14(7-8-17-19)13(18-16)10-20-12-5-3-11(15)4-6-12/h3-8,13,18H,2,9-10,16H2,1H3. The summed E-state index contributed by atoms with van der Waals surface area (Å²) in [5, 5.41) is 4.35. The molecule has 0 amide bonds. The molecule has 0 radical (unpaired) electrons. The normalized spacial score (nSPS) is 12.6. The van der Waals surface area contributed by atoms with Crippen molar-refractivity contribution >= 4 is 27.7 Å². The first-order valence-corrected chi connectivity index (χ1v) is 8.38. The lowest BCUT2D eigenvalue weighted by Gasteiger charge is -2.17. The molecule has 1 aromatic heterocycles. The van der Waals surface area contributed by atoms with E-state index in [1.165, 1.54) is 4.90 Å². The molecule has 1 atom stereocenters. The zero-order chi connectivity index (χ0) is 14.4. The minimum atomic E-state index is 0.0951. The van der Waals surface area contributed by atoms with Gasteiger partial charge in [-0.3, -0.25) is 16.0 Å². The van der Waals surface area contributed by atoms with Crippen LogP contribution >= 0.6 is 27.7 Å². The molecule has 2 aromatic rings. The molecule has 6 heteroatoms. The van der Waals surface area contributed by atoms with Crippen LogP contribution in [-0.4, -0.2) is 15.5 Å². The van der Waals surface area contributed by atoms with Gasteiger partial charge in [0.25, 0.3) is 0 Å². The van der Waals surface area contributed by atoms with Gasteiger partial charge >= 0.3 is 0 Å². The third-order valence-electron chi connectivity index (χ3n) is 2.97. The molecule has 3 N–H and O–H groups in total. The maximum atomic E-state index is 5.71. The second-order valence-electron chi connectivity index (χ2n) is 4.46. The molecule has 2 rings (SSSR count). The number of nitrogens with two attached hydrogens (primary N) is 1. The average molecular weight is 355 g/mol. The van der Waals surface area contributed by atoms with E-state index in [1.807, 2.05) is 16.9 Å². The molecule has 0 saturated heterocycles. The van der Waals surface area contributed by atoms with Crippen LogP contribution in [0.4, 0.5) is 0 Å². The van der Waals surface area contributed by atoms with Gasteiger partial charge in [-0.15, -0.1) is 11.8 Å². The van der Waals surface area contributed by atoms with Crippen molar-refractivity contribution in [2.24, 2.45) is 5.84 Å². The van der Waals surface area contributed by atoms with Crippen molar-refractivity contribution < 1.29 is 0 Å². The Morgan fingerprint density at radius 3 is 2.75 bits per heavy atom. The van der Waals surface area contributed by atoms with Crippen LogP contribution in [0.1, 0.15) is 25.1 Å². The maximum Gasteiger partial charge on any atom is 0.0722 e. The minimum absolute atomic E-state index is 0.0951. The monoisotopic (exact) mass is 354 g/mol. The summed E-state index contributed by atoms with van der Waals surface area (Å²) in [6, 6.07) is 10.4. The number of aryl methyl sites for hydroxylation is 1. The number of hydrogen-bond donors (Lipinski definition) is 2. The molecule has 20 heavy (non-hydrogen) atoms. The van der Waals surface area contributed by atoms with E-state index < -0.39 is 0 Å². The third kappa shape index (κ3) is 4.09. The number of halogens is 1. The van der Waals surface area contributed by atoms with E-state index in [-0.39, 0.29) is 6.04 Å². The van der Waals surface area contributed by atoms with E-state index in [0.717, 1.165) is 28.9 Å². The quantitative estimate of drug-likeness (QED) is 0.454. The average Bonchev–Trinajstić information content (AvgIpc) is 2.90. The Kier molecular flexibility index (Phi) is 6.09. The Hall–Kier alpha value is -0.820. The molecular formula is C14H19BrN4S. The molecule has 0 fully saturated rings. The molecule has 4 nitrogen and oxygen atoms in total. The van der Waals surface area contributed by atoms with Crippen molar-refractivity contribution in [2.75, 3.05) is 5.75 Å². The molecule has 1 aromatic carbocycles. The van der Waals surface area contributed by atoms with E-state index in [4.69, 9.17) is 5.84 Å². The summed E-state index contributed by atoms with van der Waals surface area (Å²) in [7, 11) is 0. The van der Waals surface area contributed by atoms with E-state index in [9.17, 15) is 0 Å². The van der Waals surface area contributed by atoms with Crippen molar-refractivity contribution in [1.29, 1.82) is 0 Å². The number of rotatable bonds is 7. The predicted octanol–water partition coefficient (Wildman–Crippen LogP) is 3.35. The minimum Gasteiger partial charge on any atom is -0.271 e. The van der Waals surface area contributed by atoms with E-state index >= 15 is 0 Å². The lowest BCUT2D eigenvalue weighted by Crippen LogP contribution is -2.31. The summed E-state index contributed by atoms with van der Waals surface area (Å²) >= 11 is 5.23. The van der Waals surface area contributed by atoms with Crippen molar-refractivity contribution in [1.82, 2.24) is 15.2 Å². The van der Waals surface area contributed by atoms with Crippen molar-refractivity contribution in [2.45, 2.75) is 30.8 Å². The zero-order valence-corrected chi connectivity index (χ0v) is 13.8. The first-order chi connectivity index (χ1) is 9.74. The highest BCUT2D eigenvalue weighted by molar-refractivity contribution is 9.10. The lowest BCUT2D eigenvalue weighted by atomic mass is 10.2. The van der Waals surface area contributed by atoms with Crippen LogP contribution in [-0.2, 0) is 6.54 Å². The predicted molar refractivity (Wildman–Crippen MR) is 87.4 cm³/mol. The van der Waals surface area contributed by atoms with Gasteiger partial charge in [0.05, 0.1) is 11.7 Å². The number of nitrogens with zero attached hydrogens (tertiary/aromatic N) is 2. The molecule has 0 saturated carbocycles. The molecule has 0 bridgehead atoms. The van der Waals surface area contributed by atoms with Crippen molar-refractivity contribution in [3.8, 4) is 0 Å². The van der Waals surface area contributed by atoms with Gasteiger partial charge in [0.2, 0.25) is 0 Å². The van der Waals surface area contributed by atoms with Crippen molar-refractivity contribution in [3.05, 3.63) is 46.7 Å². The van der Waals surface area contributed by atoms with Crippen LogP contribution in [0.5, 0.6) is 0 Å². The second kappa shape index (κ2) is 7.83. The molecule has 1 unspecified atom stereocenters. The number of hydrogen-bond acceptors (Lipinski definition) is 4. The third-order valence-corrected chi connectivity index (χ3v) is 4.61. The van der Waals surface area contributed by atoms with Gasteiger partial charge in [-0.1, -0.05) is 22.9 Å². The zero-order valence-electron chi connectivity index (χ0n) is 11.4. The highest BCUT2D eigenvalue weighted by Crippen LogP contribution is 2.25. The molecule has 1 heterocycles. The Balaban J connectivity index is 2.01. The lowest BCUT2D eigenvalue weighted by molar-refractivity contribution is 0.508. The summed E-state index contributed by atoms with van der Waals surface area (Å²) in [6.45, 7) is 3.07. The Morgan fingerprint density at radius 1 is 1.35 bits per heavy atom. The molecule has 0 aliphatic rings. The van der Waals surface area contributed by atoms with E-state index in [2.05, 4.69) is 57.6 Å². The summed E-state index contributed by atoms with van der Waals surface area (Å²) in [4.78, 5) is 1.23. The Morgan fingerprint density at radius 2 is 2.10 bits per heavy atom. The number of aromatic nitrogens is 2. The van der Waals surface area contributed by atoms with Crippen LogP contribution in [0.25, 0.3) is 0 Å². The molecule has 108 valence electrons. The van der Waals surface area contributed by atoms with E-state index in [0.29, 0.717) is 0 Å². The van der Waals surface area contributed by atoms with Crippen LogP contribution in [0.15, 0.2) is 45.9 Å². The topological polar surface area (TPSA) is 55.9 Å². The fraction of sp³-hybridized carbons (Fsp3) is 0.357. The maximum absolute atomic E-state index is 5.71. The number of hydrazine groups is 1. The summed E-state index contributed by atoms with van der Waals surface area (Å²) in [6.07, 6.45) is 2.89. The highest BCUT2D eigenvalue weighted by Gasteiger charge is 2.14. The number of nitrogens with one attached hydrogen (secondary N) is 1. The molecule has 0 spiro atoms. The number of thioether (sulfide) groups is 1. The highest BCUT2D eigenvalue weighted by atomic mass is 79.9. The number of benzene rings is 1. The Bertz CT molecular complexity index is 526. The first kappa shape index (κ1) is 15.6. The van der Waals surface area contributed by atoms with Gasteiger partial charge in [0.15, 0.2) is 0 Å². The van der Waals surface area contributed by atoms with E-state index in [1.54, 1.807) is 11.8 Å². The van der Waals surface area contributed by atoms with Crippen LogP contribution in [0.3, 0.4) is 0 Å². The van der Waals surface area contributed by atoms with Gasteiger partial charge in [0, 0.05) is 27.9 Å². The van der Waals surface area contributed by atoms with Gasteiger partial charge in [0.1, 0.15) is 0 Å². The fourth-order valence-corrected chi connectivity index (χ4v) is 3.19. The van der Waals surface area contributed by atoms with Gasteiger partial charge in [-0.25, -0.2) is 0 Å². The van der Waals surface area contributed by atoms with Crippen LogP contribution < -0.4 is 11.3 Å².